The fraction of sp³-hybridized carbons (Fsp3) is 0.357. The molecule has 1 aromatic rings. The minimum atomic E-state index is -0.418. The Kier molecular flexibility index (Phi) is 5.71. The molecule has 2 amide bonds. The van der Waals surface area contributed by atoms with E-state index in [2.05, 4.69) is 10.1 Å². The number of hydrogen-bond donors (Lipinski definition) is 1. The number of nitrogens with one attached hydrogen (secondary N) is 1. The molecule has 1 N–H and O–H groups in total. The predicted molar refractivity (Wildman–Crippen MR) is 75.4 cm³/mol. The Morgan fingerprint density at radius 2 is 1.75 bits per heavy atom. The van der Waals surface area contributed by atoms with Crippen LogP contribution in [0.3, 0.4) is 0 Å². The first-order valence-electron chi connectivity index (χ1n) is 6.15. The van der Waals surface area contributed by atoms with E-state index < -0.39 is 5.97 Å². The van der Waals surface area contributed by atoms with Crippen LogP contribution in [0.4, 0.5) is 11.4 Å². The van der Waals surface area contributed by atoms with Crippen LogP contribution in [0.25, 0.3) is 0 Å². The standard InChI is InChI=1S/C14H18N2O4/c1-10(17)16(2)12-6-4-11(5-7-12)15-13(18)8-9-14(19)20-3/h4-7H,8-9H2,1-3H3,(H,15,18). The number of hydrogen-bond acceptors (Lipinski definition) is 4. The first-order valence-corrected chi connectivity index (χ1v) is 6.15. The van der Waals surface area contributed by atoms with Gasteiger partial charge in [0.15, 0.2) is 0 Å². The molecule has 0 radical (unpaired) electrons. The van der Waals surface area contributed by atoms with Gasteiger partial charge in [-0.3, -0.25) is 14.4 Å². The molecule has 6 nitrogen and oxygen atoms in total. The van der Waals surface area contributed by atoms with Gasteiger partial charge >= 0.3 is 5.97 Å². The van der Waals surface area contributed by atoms with Gasteiger partial charge in [0.05, 0.1) is 13.5 Å². The van der Waals surface area contributed by atoms with Crippen LogP contribution in [0.5, 0.6) is 0 Å². The zero-order valence-corrected chi connectivity index (χ0v) is 11.8. The lowest BCUT2D eigenvalue weighted by molar-refractivity contribution is -0.141. The van der Waals surface area contributed by atoms with Gasteiger partial charge in [0.2, 0.25) is 11.8 Å². The van der Waals surface area contributed by atoms with Crippen molar-refractivity contribution < 1.29 is 19.1 Å². The molecule has 0 saturated heterocycles. The zero-order chi connectivity index (χ0) is 15.1. The average Bonchev–Trinajstić information content (AvgIpc) is 2.44. The summed E-state index contributed by atoms with van der Waals surface area (Å²) >= 11 is 0. The molecule has 0 aliphatic heterocycles. The van der Waals surface area contributed by atoms with E-state index in [9.17, 15) is 14.4 Å². The van der Waals surface area contributed by atoms with E-state index in [1.807, 2.05) is 0 Å². The van der Waals surface area contributed by atoms with Crippen LogP contribution < -0.4 is 10.2 Å². The van der Waals surface area contributed by atoms with Crippen molar-refractivity contribution in [1.29, 1.82) is 0 Å². The number of benzene rings is 1. The summed E-state index contributed by atoms with van der Waals surface area (Å²) in [6.07, 6.45) is 0.120. The molecule has 0 saturated carbocycles. The van der Waals surface area contributed by atoms with Gasteiger partial charge < -0.3 is 15.0 Å². The van der Waals surface area contributed by atoms with Crippen LogP contribution in [0.15, 0.2) is 24.3 Å². The first kappa shape index (κ1) is 15.7. The Hall–Kier alpha value is -2.37. The molecule has 6 heteroatoms. The second kappa shape index (κ2) is 7.28. The minimum Gasteiger partial charge on any atom is -0.469 e. The highest BCUT2D eigenvalue weighted by atomic mass is 16.5. The van der Waals surface area contributed by atoms with Crippen molar-refractivity contribution in [3.05, 3.63) is 24.3 Å². The van der Waals surface area contributed by atoms with Crippen LogP contribution in [0.2, 0.25) is 0 Å². The van der Waals surface area contributed by atoms with Crippen LogP contribution in [-0.2, 0) is 19.1 Å². The highest BCUT2D eigenvalue weighted by Crippen LogP contribution is 2.17. The number of carbonyl (C=O) groups excluding carboxylic acids is 3. The number of methoxy groups -OCH3 is 1. The van der Waals surface area contributed by atoms with Crippen molar-refractivity contribution in [2.24, 2.45) is 0 Å². The van der Waals surface area contributed by atoms with Crippen molar-refractivity contribution in [2.75, 3.05) is 24.4 Å². The van der Waals surface area contributed by atoms with Crippen LogP contribution in [0, 0.1) is 0 Å². The van der Waals surface area contributed by atoms with E-state index in [4.69, 9.17) is 0 Å². The number of amides is 2. The monoisotopic (exact) mass is 278 g/mol. The quantitative estimate of drug-likeness (QED) is 0.829. The number of carbonyl (C=O) groups is 3. The van der Waals surface area contributed by atoms with Crippen LogP contribution >= 0.6 is 0 Å². The number of esters is 1. The van der Waals surface area contributed by atoms with E-state index >= 15 is 0 Å². The number of ether oxygens (including phenoxy) is 1. The fourth-order valence-electron chi connectivity index (χ4n) is 1.49. The molecule has 0 fully saturated rings. The molecule has 0 unspecified atom stereocenters. The van der Waals surface area contributed by atoms with E-state index in [0.29, 0.717) is 5.69 Å². The van der Waals surface area contributed by atoms with Crippen molar-refractivity contribution in [3.63, 3.8) is 0 Å². The molecule has 1 aromatic carbocycles. The molecular formula is C14H18N2O4. The summed E-state index contributed by atoms with van der Waals surface area (Å²) in [7, 11) is 2.96. The fourth-order valence-corrected chi connectivity index (χ4v) is 1.49. The van der Waals surface area contributed by atoms with Crippen LogP contribution in [0.1, 0.15) is 19.8 Å². The van der Waals surface area contributed by atoms with Crippen LogP contribution in [-0.4, -0.2) is 31.9 Å². The summed E-state index contributed by atoms with van der Waals surface area (Å²) in [6.45, 7) is 1.47. The third-order valence-electron chi connectivity index (χ3n) is 2.79. The molecule has 0 spiro atoms. The van der Waals surface area contributed by atoms with E-state index in [1.165, 1.54) is 18.9 Å². The van der Waals surface area contributed by atoms with Crippen molar-refractivity contribution in [3.8, 4) is 0 Å². The molecular weight excluding hydrogens is 260 g/mol. The van der Waals surface area contributed by atoms with Crippen molar-refractivity contribution in [2.45, 2.75) is 19.8 Å². The van der Waals surface area contributed by atoms with Gasteiger partial charge in [-0.25, -0.2) is 0 Å². The Labute approximate surface area is 117 Å². The Bertz CT molecular complexity index is 496. The summed E-state index contributed by atoms with van der Waals surface area (Å²) in [4.78, 5) is 35.2. The average molecular weight is 278 g/mol. The topological polar surface area (TPSA) is 75.7 Å². The van der Waals surface area contributed by atoms with Gasteiger partial charge in [0.25, 0.3) is 0 Å². The van der Waals surface area contributed by atoms with Gasteiger partial charge in [-0.2, -0.15) is 0 Å². The molecule has 108 valence electrons. The maximum absolute atomic E-state index is 11.6. The lowest BCUT2D eigenvalue weighted by Crippen LogP contribution is -2.22. The zero-order valence-electron chi connectivity index (χ0n) is 11.8. The first-order chi connectivity index (χ1) is 9.43. The number of rotatable bonds is 5. The Balaban J connectivity index is 2.55. The molecule has 0 bridgehead atoms. The van der Waals surface area contributed by atoms with Gasteiger partial charge in [0.1, 0.15) is 0 Å². The Morgan fingerprint density at radius 3 is 2.25 bits per heavy atom. The lowest BCUT2D eigenvalue weighted by Gasteiger charge is -2.15. The third kappa shape index (κ3) is 4.72. The second-order valence-corrected chi connectivity index (χ2v) is 4.25. The second-order valence-electron chi connectivity index (χ2n) is 4.25. The summed E-state index contributed by atoms with van der Waals surface area (Å²) in [5.41, 5.74) is 1.35. The van der Waals surface area contributed by atoms with E-state index in [0.717, 1.165) is 5.69 Å². The van der Waals surface area contributed by atoms with Gasteiger partial charge in [0, 0.05) is 31.8 Å². The molecule has 0 atom stereocenters. The normalized spacial score (nSPS) is 9.75. The highest BCUT2D eigenvalue weighted by molar-refractivity contribution is 5.94. The van der Waals surface area contributed by atoms with E-state index in [1.54, 1.807) is 31.3 Å². The number of anilines is 2. The molecule has 0 aromatic heterocycles. The highest BCUT2D eigenvalue weighted by Gasteiger charge is 2.08. The largest absolute Gasteiger partial charge is 0.469 e. The summed E-state index contributed by atoms with van der Waals surface area (Å²) < 4.78 is 4.46. The Morgan fingerprint density at radius 1 is 1.15 bits per heavy atom. The van der Waals surface area contributed by atoms with E-state index in [-0.39, 0.29) is 24.7 Å². The van der Waals surface area contributed by atoms with Gasteiger partial charge in [-0.15, -0.1) is 0 Å². The lowest BCUT2D eigenvalue weighted by atomic mass is 10.2. The maximum atomic E-state index is 11.6. The van der Waals surface area contributed by atoms with Gasteiger partial charge in [-0.05, 0) is 24.3 Å². The molecule has 1 rings (SSSR count). The third-order valence-corrected chi connectivity index (χ3v) is 2.79. The van der Waals surface area contributed by atoms with Gasteiger partial charge in [-0.1, -0.05) is 0 Å². The maximum Gasteiger partial charge on any atom is 0.306 e. The van der Waals surface area contributed by atoms with Crippen molar-refractivity contribution in [1.82, 2.24) is 0 Å². The predicted octanol–water partition coefficient (Wildman–Crippen LogP) is 1.56. The smallest absolute Gasteiger partial charge is 0.306 e. The minimum absolute atomic E-state index is 0.0491. The molecule has 0 aliphatic carbocycles. The molecule has 0 heterocycles. The molecule has 0 aliphatic rings. The summed E-state index contributed by atoms with van der Waals surface area (Å²) in [5.74, 6) is -0.749. The summed E-state index contributed by atoms with van der Waals surface area (Å²) in [6, 6.07) is 6.87. The van der Waals surface area contributed by atoms with Crippen molar-refractivity contribution >= 4 is 29.2 Å². The summed E-state index contributed by atoms with van der Waals surface area (Å²) in [5, 5.41) is 2.67. The SMILES string of the molecule is COC(=O)CCC(=O)Nc1ccc(N(C)C(C)=O)cc1. The number of nitrogens with zero attached hydrogens (tertiary/aromatic N) is 1. The molecule has 20 heavy (non-hydrogen) atoms.